The highest BCUT2D eigenvalue weighted by atomic mass is 35.5. The summed E-state index contributed by atoms with van der Waals surface area (Å²) in [4.78, 5) is 24.9. The van der Waals surface area contributed by atoms with Crippen molar-refractivity contribution >= 4 is 91.7 Å². The molecule has 2 N–H and O–H groups in total. The van der Waals surface area contributed by atoms with Crippen LogP contribution in [0.25, 0.3) is 33.4 Å². The summed E-state index contributed by atoms with van der Waals surface area (Å²) >= 11 is 24.4. The van der Waals surface area contributed by atoms with Crippen molar-refractivity contribution in [3.05, 3.63) is 92.9 Å². The van der Waals surface area contributed by atoms with Gasteiger partial charge in [0.15, 0.2) is 0 Å². The molecular weight excluding hydrogens is 634 g/mol. The molecule has 0 bridgehead atoms. The minimum atomic E-state index is -0.195. The lowest BCUT2D eigenvalue weighted by Gasteiger charge is -2.08. The van der Waals surface area contributed by atoms with Gasteiger partial charge in [-0.3, -0.25) is 9.59 Å². The molecule has 0 radical (unpaired) electrons. The predicted octanol–water partition coefficient (Wildman–Crippen LogP) is 7.52. The molecule has 216 valence electrons. The lowest BCUT2D eigenvalue weighted by molar-refractivity contribution is -0.117. The van der Waals surface area contributed by atoms with E-state index in [0.29, 0.717) is 60.0 Å². The van der Waals surface area contributed by atoms with Crippen LogP contribution in [0.4, 0.5) is 11.4 Å². The first kappa shape index (κ1) is 28.9. The van der Waals surface area contributed by atoms with Crippen LogP contribution in [0.2, 0.25) is 20.1 Å². The van der Waals surface area contributed by atoms with Gasteiger partial charge >= 0.3 is 0 Å². The molecule has 6 rings (SSSR count). The van der Waals surface area contributed by atoms with Gasteiger partial charge in [0.1, 0.15) is 11.0 Å². The first-order valence-corrected chi connectivity index (χ1v) is 14.5. The second-order valence-electron chi connectivity index (χ2n) is 9.56. The summed E-state index contributed by atoms with van der Waals surface area (Å²) in [5.74, 6) is -0.391. The Kier molecular flexibility index (Phi) is 8.18. The number of carbonyl (C=O) groups excluding carboxylic acids is 2. The van der Waals surface area contributed by atoms with E-state index in [4.69, 9.17) is 46.4 Å². The maximum absolute atomic E-state index is 12.5. The standard InChI is InChI=1S/C29H20Cl4N8O2/c30-20-12-24-26(14-22(20)32)40(38-36-24)18-8-4-16(5-9-18)34-28(42)2-1-3-29(43)35-17-6-10-19(11-7-17)41-27-15-23(33)21(31)13-25(27)37-39-41/h4-15H,1-3H2,(H,34,42)(H,35,43). The lowest BCUT2D eigenvalue weighted by Crippen LogP contribution is -2.15. The lowest BCUT2D eigenvalue weighted by atomic mass is 10.2. The van der Waals surface area contributed by atoms with Crippen LogP contribution in [0.3, 0.4) is 0 Å². The average molecular weight is 654 g/mol. The number of benzene rings is 4. The fourth-order valence-electron chi connectivity index (χ4n) is 4.44. The normalized spacial score (nSPS) is 11.3. The first-order valence-electron chi connectivity index (χ1n) is 13.0. The predicted molar refractivity (Wildman–Crippen MR) is 169 cm³/mol. The highest BCUT2D eigenvalue weighted by molar-refractivity contribution is 6.43. The Morgan fingerprint density at radius 1 is 0.581 bits per heavy atom. The second-order valence-corrected chi connectivity index (χ2v) is 11.2. The van der Waals surface area contributed by atoms with E-state index in [0.717, 1.165) is 11.4 Å². The molecule has 0 aliphatic carbocycles. The van der Waals surface area contributed by atoms with E-state index in [2.05, 4.69) is 31.3 Å². The van der Waals surface area contributed by atoms with Crippen LogP contribution < -0.4 is 10.6 Å². The monoisotopic (exact) mass is 652 g/mol. The molecule has 2 heterocycles. The quantitative estimate of drug-likeness (QED) is 0.175. The maximum atomic E-state index is 12.5. The van der Waals surface area contributed by atoms with Crippen LogP contribution in [0.1, 0.15) is 19.3 Å². The molecule has 2 aromatic heterocycles. The van der Waals surface area contributed by atoms with Crippen molar-refractivity contribution in [1.82, 2.24) is 30.0 Å². The van der Waals surface area contributed by atoms with Gasteiger partial charge in [0, 0.05) is 24.2 Å². The summed E-state index contributed by atoms with van der Waals surface area (Å²) < 4.78 is 3.27. The van der Waals surface area contributed by atoms with E-state index in [-0.39, 0.29) is 24.7 Å². The van der Waals surface area contributed by atoms with Gasteiger partial charge in [0.05, 0.1) is 42.5 Å². The van der Waals surface area contributed by atoms with Crippen molar-refractivity contribution in [2.75, 3.05) is 10.6 Å². The minimum Gasteiger partial charge on any atom is -0.326 e. The molecule has 0 aliphatic rings. The number of hydrogen-bond acceptors (Lipinski definition) is 6. The number of carbonyl (C=O) groups is 2. The maximum Gasteiger partial charge on any atom is 0.224 e. The Morgan fingerprint density at radius 3 is 1.35 bits per heavy atom. The van der Waals surface area contributed by atoms with Gasteiger partial charge in [-0.1, -0.05) is 56.8 Å². The summed E-state index contributed by atoms with van der Waals surface area (Å²) in [7, 11) is 0. The van der Waals surface area contributed by atoms with E-state index in [1.165, 1.54) is 0 Å². The third-order valence-corrected chi connectivity index (χ3v) is 8.02. The Bertz CT molecular complexity index is 1850. The van der Waals surface area contributed by atoms with Gasteiger partial charge in [-0.25, -0.2) is 9.36 Å². The van der Waals surface area contributed by atoms with Crippen molar-refractivity contribution in [2.24, 2.45) is 0 Å². The van der Waals surface area contributed by atoms with Gasteiger partial charge in [-0.15, -0.1) is 10.2 Å². The van der Waals surface area contributed by atoms with Crippen molar-refractivity contribution < 1.29 is 9.59 Å². The van der Waals surface area contributed by atoms with Crippen molar-refractivity contribution in [2.45, 2.75) is 19.3 Å². The number of hydrogen-bond donors (Lipinski definition) is 2. The highest BCUT2D eigenvalue weighted by Gasteiger charge is 2.13. The average Bonchev–Trinajstić information content (AvgIpc) is 3.58. The van der Waals surface area contributed by atoms with Gasteiger partial charge < -0.3 is 10.6 Å². The zero-order valence-electron chi connectivity index (χ0n) is 22.1. The summed E-state index contributed by atoms with van der Waals surface area (Å²) in [6, 6.07) is 21.0. The van der Waals surface area contributed by atoms with E-state index < -0.39 is 0 Å². The molecule has 0 saturated heterocycles. The number of aromatic nitrogens is 6. The van der Waals surface area contributed by atoms with E-state index in [1.54, 1.807) is 82.2 Å². The van der Waals surface area contributed by atoms with E-state index in [9.17, 15) is 9.59 Å². The van der Waals surface area contributed by atoms with Crippen LogP contribution in [-0.4, -0.2) is 41.8 Å². The molecule has 43 heavy (non-hydrogen) atoms. The van der Waals surface area contributed by atoms with Crippen LogP contribution in [-0.2, 0) is 9.59 Å². The highest BCUT2D eigenvalue weighted by Crippen LogP contribution is 2.29. The Labute approximate surface area is 264 Å². The van der Waals surface area contributed by atoms with Crippen LogP contribution in [0.15, 0.2) is 72.8 Å². The Hall–Kier alpha value is -4.22. The van der Waals surface area contributed by atoms with Crippen LogP contribution >= 0.6 is 46.4 Å². The van der Waals surface area contributed by atoms with Crippen LogP contribution in [0, 0.1) is 0 Å². The van der Waals surface area contributed by atoms with E-state index >= 15 is 0 Å². The fraction of sp³-hybridized carbons (Fsp3) is 0.103. The molecule has 0 spiro atoms. The SMILES string of the molecule is O=C(CCCC(=O)Nc1ccc(-n2nnc3cc(Cl)c(Cl)cc32)cc1)Nc1ccc(-n2nnc3cc(Cl)c(Cl)cc32)cc1. The van der Waals surface area contributed by atoms with Gasteiger partial charge in [-0.05, 0) is 79.2 Å². The fourth-order valence-corrected chi connectivity index (χ4v) is 5.07. The molecule has 0 saturated carbocycles. The summed E-state index contributed by atoms with van der Waals surface area (Å²) in [6.07, 6.45) is 0.760. The molecule has 10 nitrogen and oxygen atoms in total. The summed E-state index contributed by atoms with van der Waals surface area (Å²) in [5, 5.41) is 23.9. The largest absolute Gasteiger partial charge is 0.326 e. The molecule has 0 unspecified atom stereocenters. The van der Waals surface area contributed by atoms with Crippen LogP contribution in [0.5, 0.6) is 0 Å². The third-order valence-electron chi connectivity index (χ3n) is 6.57. The Balaban J connectivity index is 0.988. The van der Waals surface area contributed by atoms with Gasteiger partial charge in [0.2, 0.25) is 11.8 Å². The minimum absolute atomic E-state index is 0.188. The number of halogens is 4. The number of nitrogens with zero attached hydrogens (tertiary/aromatic N) is 6. The zero-order chi connectivity index (χ0) is 30.1. The molecule has 0 aliphatic heterocycles. The summed E-state index contributed by atoms with van der Waals surface area (Å²) in [6.45, 7) is 0. The number of fused-ring (bicyclic) bond motifs is 2. The Morgan fingerprint density at radius 2 is 0.953 bits per heavy atom. The van der Waals surface area contributed by atoms with Crippen molar-refractivity contribution in [3.8, 4) is 11.4 Å². The smallest absolute Gasteiger partial charge is 0.224 e. The second kappa shape index (κ2) is 12.2. The molecular formula is C29H20Cl4N8O2. The molecule has 4 aromatic carbocycles. The van der Waals surface area contributed by atoms with Gasteiger partial charge in [0.25, 0.3) is 0 Å². The first-order chi connectivity index (χ1) is 20.7. The third kappa shape index (κ3) is 6.28. The molecule has 0 fully saturated rings. The topological polar surface area (TPSA) is 120 Å². The number of anilines is 2. The molecule has 14 heteroatoms. The molecule has 6 aromatic rings. The number of rotatable bonds is 8. The van der Waals surface area contributed by atoms with Crippen molar-refractivity contribution in [1.29, 1.82) is 0 Å². The number of amides is 2. The summed E-state index contributed by atoms with van der Waals surface area (Å²) in [5.41, 5.74) is 5.37. The van der Waals surface area contributed by atoms with Crippen molar-refractivity contribution in [3.63, 3.8) is 0 Å². The molecule has 0 atom stereocenters. The molecule has 2 amide bonds. The zero-order valence-corrected chi connectivity index (χ0v) is 25.1. The number of nitrogens with one attached hydrogen (secondary N) is 2. The van der Waals surface area contributed by atoms with Gasteiger partial charge in [-0.2, -0.15) is 0 Å². The van der Waals surface area contributed by atoms with E-state index in [1.807, 2.05) is 0 Å².